The summed E-state index contributed by atoms with van der Waals surface area (Å²) >= 11 is 3.46. The number of benzene rings is 3. The van der Waals surface area contributed by atoms with Gasteiger partial charge in [0.05, 0.1) is 6.04 Å². The average molecular weight is 476 g/mol. The lowest BCUT2D eigenvalue weighted by molar-refractivity contribution is 0.122. The number of carbonyl (C=O) groups excluding carboxylic acids is 1. The molecule has 0 saturated carbocycles. The number of halogens is 1. The molecule has 2 amide bonds. The monoisotopic (exact) mass is 475 g/mol. The Morgan fingerprint density at radius 3 is 2.03 bits per heavy atom. The van der Waals surface area contributed by atoms with Crippen molar-refractivity contribution in [2.45, 2.75) is 6.04 Å². The zero-order chi connectivity index (χ0) is 21.5. The van der Waals surface area contributed by atoms with E-state index in [9.17, 15) is 4.79 Å². The highest BCUT2D eigenvalue weighted by Gasteiger charge is 2.27. The summed E-state index contributed by atoms with van der Waals surface area (Å²) in [4.78, 5) is 17.0. The second-order valence-electron chi connectivity index (χ2n) is 7.58. The third-order valence-electron chi connectivity index (χ3n) is 5.53. The molecule has 1 saturated heterocycles. The van der Waals surface area contributed by atoms with Gasteiger partial charge in [-0.15, -0.1) is 0 Å². The summed E-state index contributed by atoms with van der Waals surface area (Å²) in [5.74, 6) is 0. The minimum absolute atomic E-state index is 0.0538. The number of urea groups is 1. The predicted molar refractivity (Wildman–Crippen MR) is 130 cm³/mol. The molecule has 5 heteroatoms. The van der Waals surface area contributed by atoms with E-state index in [4.69, 9.17) is 0 Å². The Hall–Kier alpha value is -2.89. The van der Waals surface area contributed by atoms with E-state index in [1.807, 2.05) is 35.2 Å². The Balaban J connectivity index is 1.38. The normalized spacial score (nSPS) is 14.8. The lowest BCUT2D eigenvalue weighted by atomic mass is 9.96. The van der Waals surface area contributed by atoms with E-state index in [2.05, 4.69) is 86.8 Å². The van der Waals surface area contributed by atoms with Gasteiger partial charge in [-0.2, -0.15) is 0 Å². The molecule has 1 fully saturated rings. The third kappa shape index (κ3) is 5.63. The van der Waals surface area contributed by atoms with Crippen LogP contribution < -0.4 is 5.32 Å². The van der Waals surface area contributed by atoms with Crippen molar-refractivity contribution in [3.63, 3.8) is 0 Å². The molecule has 1 N–H and O–H groups in total. The van der Waals surface area contributed by atoms with Gasteiger partial charge in [-0.05, 0) is 34.9 Å². The van der Waals surface area contributed by atoms with Crippen molar-refractivity contribution in [3.05, 3.63) is 112 Å². The van der Waals surface area contributed by atoms with Crippen molar-refractivity contribution < 1.29 is 4.79 Å². The second-order valence-corrected chi connectivity index (χ2v) is 8.50. The molecule has 0 bridgehead atoms. The molecule has 0 spiro atoms. The summed E-state index contributed by atoms with van der Waals surface area (Å²) in [6.45, 7) is 3.06. The van der Waals surface area contributed by atoms with Gasteiger partial charge >= 0.3 is 6.03 Å². The molecule has 3 aromatic carbocycles. The van der Waals surface area contributed by atoms with E-state index < -0.39 is 0 Å². The number of amides is 2. The highest BCUT2D eigenvalue weighted by molar-refractivity contribution is 9.10. The van der Waals surface area contributed by atoms with Gasteiger partial charge < -0.3 is 10.2 Å². The smallest absolute Gasteiger partial charge is 0.321 e. The van der Waals surface area contributed by atoms with Gasteiger partial charge in [0.1, 0.15) is 0 Å². The van der Waals surface area contributed by atoms with E-state index in [0.29, 0.717) is 13.1 Å². The maximum Gasteiger partial charge on any atom is 0.321 e. The summed E-state index contributed by atoms with van der Waals surface area (Å²) in [6, 6.07) is 29.3. The Morgan fingerprint density at radius 2 is 1.45 bits per heavy atom. The SMILES string of the molecule is O=C(N/C=C/c1cccc(Br)c1)N1CCN(C(c2ccccc2)c2ccccc2)CC1. The Labute approximate surface area is 192 Å². The average Bonchev–Trinajstić information content (AvgIpc) is 2.81. The van der Waals surface area contributed by atoms with Crippen molar-refractivity contribution in [1.29, 1.82) is 0 Å². The summed E-state index contributed by atoms with van der Waals surface area (Å²) in [7, 11) is 0. The van der Waals surface area contributed by atoms with Crippen LogP contribution in [0.2, 0.25) is 0 Å². The predicted octanol–water partition coefficient (Wildman–Crippen LogP) is 5.54. The van der Waals surface area contributed by atoms with Crippen LogP contribution in [0.5, 0.6) is 0 Å². The number of piperazine rings is 1. The molecule has 0 aliphatic carbocycles. The molecule has 1 heterocycles. The first-order valence-corrected chi connectivity index (χ1v) is 11.3. The molecule has 1 aliphatic heterocycles. The minimum atomic E-state index is -0.0538. The highest BCUT2D eigenvalue weighted by Crippen LogP contribution is 2.29. The van der Waals surface area contributed by atoms with Gasteiger partial charge in [0.15, 0.2) is 0 Å². The molecule has 4 nitrogen and oxygen atoms in total. The summed E-state index contributed by atoms with van der Waals surface area (Å²) < 4.78 is 1.02. The number of nitrogens with zero attached hydrogens (tertiary/aromatic N) is 2. The first-order valence-electron chi connectivity index (χ1n) is 10.5. The number of rotatable bonds is 5. The second kappa shape index (κ2) is 10.4. The molecule has 3 aromatic rings. The van der Waals surface area contributed by atoms with E-state index in [1.54, 1.807) is 6.20 Å². The van der Waals surface area contributed by atoms with Gasteiger partial charge in [0.25, 0.3) is 0 Å². The fourth-order valence-corrected chi connectivity index (χ4v) is 4.40. The zero-order valence-corrected chi connectivity index (χ0v) is 18.9. The summed E-state index contributed by atoms with van der Waals surface area (Å²) in [5.41, 5.74) is 3.60. The Kier molecular flexibility index (Phi) is 7.18. The van der Waals surface area contributed by atoms with E-state index in [-0.39, 0.29) is 12.1 Å². The number of carbonyl (C=O) groups is 1. The third-order valence-corrected chi connectivity index (χ3v) is 6.02. The Morgan fingerprint density at radius 1 is 0.839 bits per heavy atom. The fourth-order valence-electron chi connectivity index (χ4n) is 3.98. The van der Waals surface area contributed by atoms with Gasteiger partial charge in [0, 0.05) is 36.9 Å². The van der Waals surface area contributed by atoms with Crippen molar-refractivity contribution in [2.24, 2.45) is 0 Å². The lowest BCUT2D eigenvalue weighted by Gasteiger charge is -2.39. The largest absolute Gasteiger partial charge is 0.322 e. The molecule has 158 valence electrons. The number of hydrogen-bond donors (Lipinski definition) is 1. The van der Waals surface area contributed by atoms with Crippen LogP contribution in [-0.2, 0) is 0 Å². The van der Waals surface area contributed by atoms with E-state index in [0.717, 1.165) is 23.1 Å². The molecule has 4 rings (SSSR count). The van der Waals surface area contributed by atoms with Crippen LogP contribution in [-0.4, -0.2) is 42.0 Å². The molecule has 0 unspecified atom stereocenters. The molecule has 0 radical (unpaired) electrons. The molecule has 0 atom stereocenters. The van der Waals surface area contributed by atoms with Gasteiger partial charge in [-0.1, -0.05) is 88.7 Å². The first-order chi connectivity index (χ1) is 15.2. The van der Waals surface area contributed by atoms with Gasteiger partial charge in [-0.25, -0.2) is 4.79 Å². The maximum atomic E-state index is 12.6. The fraction of sp³-hybridized carbons (Fsp3) is 0.192. The molecular weight excluding hydrogens is 450 g/mol. The van der Waals surface area contributed by atoms with Crippen LogP contribution in [0, 0.1) is 0 Å². The molecule has 1 aliphatic rings. The van der Waals surface area contributed by atoms with Crippen molar-refractivity contribution >= 4 is 28.0 Å². The summed E-state index contributed by atoms with van der Waals surface area (Å²) in [6.07, 6.45) is 3.62. The van der Waals surface area contributed by atoms with Crippen LogP contribution in [0.1, 0.15) is 22.7 Å². The zero-order valence-electron chi connectivity index (χ0n) is 17.3. The molecule has 31 heavy (non-hydrogen) atoms. The van der Waals surface area contributed by atoms with Crippen LogP contribution in [0.15, 0.2) is 95.6 Å². The first kappa shape index (κ1) is 21.3. The Bertz CT molecular complexity index is 976. The van der Waals surface area contributed by atoms with Gasteiger partial charge in [0.2, 0.25) is 0 Å². The number of nitrogens with one attached hydrogen (secondary N) is 1. The van der Waals surface area contributed by atoms with Crippen LogP contribution in [0.3, 0.4) is 0 Å². The van der Waals surface area contributed by atoms with Crippen LogP contribution in [0.25, 0.3) is 6.08 Å². The lowest BCUT2D eigenvalue weighted by Crippen LogP contribution is -2.51. The topological polar surface area (TPSA) is 35.6 Å². The van der Waals surface area contributed by atoms with Crippen molar-refractivity contribution in [1.82, 2.24) is 15.1 Å². The summed E-state index contributed by atoms with van der Waals surface area (Å²) in [5, 5.41) is 2.90. The van der Waals surface area contributed by atoms with Crippen LogP contribution in [0.4, 0.5) is 4.79 Å². The van der Waals surface area contributed by atoms with E-state index >= 15 is 0 Å². The molecular formula is C26H26BrN3O. The molecule has 0 aromatic heterocycles. The quantitative estimate of drug-likeness (QED) is 0.525. The number of hydrogen-bond acceptors (Lipinski definition) is 2. The van der Waals surface area contributed by atoms with Gasteiger partial charge in [-0.3, -0.25) is 4.90 Å². The minimum Gasteiger partial charge on any atom is -0.322 e. The highest BCUT2D eigenvalue weighted by atomic mass is 79.9. The van der Waals surface area contributed by atoms with Crippen molar-refractivity contribution in [2.75, 3.05) is 26.2 Å². The van der Waals surface area contributed by atoms with Crippen LogP contribution >= 0.6 is 15.9 Å². The maximum absolute atomic E-state index is 12.6. The standard InChI is InChI=1S/C26H26BrN3O/c27-24-13-7-8-21(20-24)14-15-28-26(31)30-18-16-29(17-19-30)25(22-9-3-1-4-10-22)23-11-5-2-6-12-23/h1-15,20,25H,16-19H2,(H,28,31)/b15-14+. The van der Waals surface area contributed by atoms with E-state index in [1.165, 1.54) is 11.1 Å². The van der Waals surface area contributed by atoms with Crippen molar-refractivity contribution in [3.8, 4) is 0 Å².